The molecular weight excluding hydrogens is 350 g/mol. The molecule has 0 unspecified atom stereocenters. The number of aromatic amines is 1. The van der Waals surface area contributed by atoms with E-state index in [4.69, 9.17) is 19.3 Å². The van der Waals surface area contributed by atoms with Crippen molar-refractivity contribution in [2.45, 2.75) is 13.8 Å². The van der Waals surface area contributed by atoms with E-state index in [1.54, 1.807) is 6.07 Å². The summed E-state index contributed by atoms with van der Waals surface area (Å²) >= 11 is 0. The van der Waals surface area contributed by atoms with Crippen molar-refractivity contribution in [3.63, 3.8) is 0 Å². The van der Waals surface area contributed by atoms with E-state index < -0.39 is 0 Å². The van der Waals surface area contributed by atoms with Crippen LogP contribution in [0, 0.1) is 13.8 Å². The molecule has 3 rings (SSSR count). The maximum absolute atomic E-state index is 12.6. The molecule has 8 nitrogen and oxygen atoms in total. The quantitative estimate of drug-likeness (QED) is 0.682. The topological polar surface area (TPSA) is 107 Å². The third-order valence-corrected chi connectivity index (χ3v) is 4.12. The second kappa shape index (κ2) is 7.63. The molecule has 8 heteroatoms. The molecule has 0 aliphatic carbocycles. The minimum absolute atomic E-state index is 0.0600. The lowest BCUT2D eigenvalue weighted by molar-refractivity contribution is 0.200. The molecule has 0 saturated carbocycles. The predicted molar refractivity (Wildman–Crippen MR) is 101 cm³/mol. The van der Waals surface area contributed by atoms with Crippen LogP contribution in [-0.4, -0.2) is 47.5 Å². The smallest absolute Gasteiger partial charge is 0.264 e. The first-order valence-corrected chi connectivity index (χ1v) is 8.36. The van der Waals surface area contributed by atoms with Crippen molar-refractivity contribution in [2.75, 3.05) is 27.4 Å². The van der Waals surface area contributed by atoms with Gasteiger partial charge in [0.25, 0.3) is 5.56 Å². The fourth-order valence-corrected chi connectivity index (χ4v) is 2.95. The molecule has 0 saturated heterocycles. The highest BCUT2D eigenvalue weighted by Gasteiger charge is 2.15. The van der Waals surface area contributed by atoms with Crippen LogP contribution in [0.15, 0.2) is 23.0 Å². The Morgan fingerprint density at radius 2 is 1.78 bits per heavy atom. The van der Waals surface area contributed by atoms with Gasteiger partial charge in [-0.15, -0.1) is 0 Å². The summed E-state index contributed by atoms with van der Waals surface area (Å²) in [6, 6.07) is 5.27. The van der Waals surface area contributed by atoms with Crippen LogP contribution in [0.25, 0.3) is 22.4 Å². The highest BCUT2D eigenvalue weighted by molar-refractivity contribution is 5.83. The van der Waals surface area contributed by atoms with Gasteiger partial charge >= 0.3 is 0 Å². The average molecular weight is 371 g/mol. The summed E-state index contributed by atoms with van der Waals surface area (Å²) in [5, 5.41) is 9.22. The van der Waals surface area contributed by atoms with Crippen LogP contribution in [0.2, 0.25) is 0 Å². The number of nitrogens with one attached hydrogen (secondary N) is 1. The highest BCUT2D eigenvalue weighted by Crippen LogP contribution is 2.30. The van der Waals surface area contributed by atoms with Crippen molar-refractivity contribution in [1.29, 1.82) is 0 Å². The van der Waals surface area contributed by atoms with E-state index in [0.29, 0.717) is 23.2 Å². The van der Waals surface area contributed by atoms with Gasteiger partial charge in [0.1, 0.15) is 29.3 Å². The van der Waals surface area contributed by atoms with Crippen molar-refractivity contribution < 1.29 is 19.3 Å². The first-order valence-electron chi connectivity index (χ1n) is 8.36. The third kappa shape index (κ3) is 3.56. The van der Waals surface area contributed by atoms with Crippen LogP contribution in [0.4, 0.5) is 0 Å². The van der Waals surface area contributed by atoms with E-state index in [1.165, 1.54) is 14.2 Å². The minimum atomic E-state index is -0.349. The molecule has 0 spiro atoms. The largest absolute Gasteiger partial charge is 0.496 e. The van der Waals surface area contributed by atoms with E-state index in [2.05, 4.69) is 15.0 Å². The third-order valence-electron chi connectivity index (χ3n) is 4.12. The molecule has 3 aromatic rings. The summed E-state index contributed by atoms with van der Waals surface area (Å²) in [4.78, 5) is 24.2. The highest BCUT2D eigenvalue weighted by atomic mass is 16.5. The maximum Gasteiger partial charge on any atom is 0.264 e. The van der Waals surface area contributed by atoms with E-state index in [0.717, 1.165) is 16.7 Å². The fraction of sp³-hybridized carbons (Fsp3) is 0.316. The lowest BCUT2D eigenvalue weighted by Gasteiger charge is -2.13. The minimum Gasteiger partial charge on any atom is -0.496 e. The molecular formula is C19H21N3O5. The van der Waals surface area contributed by atoms with Crippen molar-refractivity contribution >= 4 is 11.0 Å². The Bertz CT molecular complexity index is 1020. The summed E-state index contributed by atoms with van der Waals surface area (Å²) in [5.74, 6) is 1.74. The van der Waals surface area contributed by atoms with Gasteiger partial charge in [0.15, 0.2) is 5.65 Å². The second-order valence-electron chi connectivity index (χ2n) is 5.99. The first kappa shape index (κ1) is 18.7. The van der Waals surface area contributed by atoms with Gasteiger partial charge in [-0.2, -0.15) is 4.98 Å². The number of aryl methyl sites for hydroxylation is 2. The number of rotatable bonds is 6. The number of fused-ring (bicyclic) bond motifs is 1. The Morgan fingerprint density at radius 1 is 1.07 bits per heavy atom. The fourth-order valence-electron chi connectivity index (χ4n) is 2.95. The number of methoxy groups -OCH3 is 2. The van der Waals surface area contributed by atoms with Crippen LogP contribution in [-0.2, 0) is 0 Å². The van der Waals surface area contributed by atoms with Gasteiger partial charge in [-0.05, 0) is 37.1 Å². The summed E-state index contributed by atoms with van der Waals surface area (Å²) in [6.07, 6.45) is 0. The van der Waals surface area contributed by atoms with Gasteiger partial charge in [-0.1, -0.05) is 0 Å². The number of hydrogen-bond acceptors (Lipinski definition) is 7. The molecule has 0 radical (unpaired) electrons. The molecule has 2 aromatic heterocycles. The van der Waals surface area contributed by atoms with E-state index in [1.807, 2.05) is 26.0 Å². The number of hydrogen-bond donors (Lipinski definition) is 2. The van der Waals surface area contributed by atoms with E-state index in [-0.39, 0.29) is 29.8 Å². The molecule has 2 heterocycles. The molecule has 0 fully saturated rings. The van der Waals surface area contributed by atoms with Crippen molar-refractivity contribution in [3.05, 3.63) is 39.7 Å². The van der Waals surface area contributed by atoms with Gasteiger partial charge in [0.05, 0.1) is 20.8 Å². The van der Waals surface area contributed by atoms with Crippen LogP contribution in [0.5, 0.6) is 17.4 Å². The number of H-pyrrole nitrogens is 1. The summed E-state index contributed by atoms with van der Waals surface area (Å²) in [5.41, 5.74) is 2.36. The number of aliphatic hydroxyl groups is 1. The summed E-state index contributed by atoms with van der Waals surface area (Å²) in [6.45, 7) is 3.95. The number of pyridine rings is 1. The zero-order valence-electron chi connectivity index (χ0n) is 15.6. The molecule has 142 valence electrons. The normalized spacial score (nSPS) is 10.9. The zero-order valence-corrected chi connectivity index (χ0v) is 15.6. The lowest BCUT2D eigenvalue weighted by Crippen LogP contribution is -2.12. The predicted octanol–water partition coefficient (Wildman–Crippen LogP) is 1.99. The van der Waals surface area contributed by atoms with Crippen molar-refractivity contribution in [2.24, 2.45) is 0 Å². The number of nitrogens with zero attached hydrogens (tertiary/aromatic N) is 2. The molecule has 0 aliphatic rings. The second-order valence-corrected chi connectivity index (χ2v) is 5.99. The zero-order chi connectivity index (χ0) is 19.6. The van der Waals surface area contributed by atoms with Crippen molar-refractivity contribution in [3.8, 4) is 28.8 Å². The van der Waals surface area contributed by atoms with Crippen LogP contribution < -0.4 is 19.8 Å². The van der Waals surface area contributed by atoms with Gasteiger partial charge < -0.3 is 24.3 Å². The van der Waals surface area contributed by atoms with Gasteiger partial charge in [-0.25, -0.2) is 4.98 Å². The Labute approximate surface area is 155 Å². The van der Waals surface area contributed by atoms with Crippen LogP contribution >= 0.6 is 0 Å². The SMILES string of the molecule is COc1cc(OC)c2c(=O)[nH]c(-c3cc(C)c(OCCO)c(C)c3)nc2n1. The van der Waals surface area contributed by atoms with Crippen LogP contribution in [0.1, 0.15) is 11.1 Å². The molecule has 0 bridgehead atoms. The van der Waals surface area contributed by atoms with Crippen molar-refractivity contribution in [1.82, 2.24) is 15.0 Å². The standard InChI is InChI=1S/C19H21N3O5/c1-10-7-12(8-11(2)16(10)27-6-5-23)17-21-18-15(19(24)22-17)13(25-3)9-14(20-18)26-4/h7-9,23H,5-6H2,1-4H3,(H,20,21,22,24). The Balaban J connectivity index is 2.16. The number of ether oxygens (including phenoxy) is 3. The van der Waals surface area contributed by atoms with Gasteiger partial charge in [-0.3, -0.25) is 4.79 Å². The monoisotopic (exact) mass is 371 g/mol. The first-order chi connectivity index (χ1) is 13.0. The van der Waals surface area contributed by atoms with Gasteiger partial charge in [0.2, 0.25) is 5.88 Å². The number of benzene rings is 1. The van der Waals surface area contributed by atoms with E-state index >= 15 is 0 Å². The molecule has 0 aliphatic heterocycles. The Morgan fingerprint density at radius 3 is 2.37 bits per heavy atom. The molecule has 27 heavy (non-hydrogen) atoms. The van der Waals surface area contributed by atoms with Gasteiger partial charge in [0, 0.05) is 11.6 Å². The molecule has 0 atom stereocenters. The van der Waals surface area contributed by atoms with Crippen LogP contribution in [0.3, 0.4) is 0 Å². The molecule has 2 N–H and O–H groups in total. The Hall–Kier alpha value is -3.13. The summed E-state index contributed by atoms with van der Waals surface area (Å²) in [7, 11) is 2.96. The number of aromatic nitrogens is 3. The molecule has 0 amide bonds. The average Bonchev–Trinajstić information content (AvgIpc) is 2.66. The molecule has 1 aromatic carbocycles. The Kier molecular flexibility index (Phi) is 5.27. The maximum atomic E-state index is 12.6. The van der Waals surface area contributed by atoms with E-state index in [9.17, 15) is 4.79 Å². The lowest BCUT2D eigenvalue weighted by atomic mass is 10.0. The summed E-state index contributed by atoms with van der Waals surface area (Å²) < 4.78 is 16.0. The number of aliphatic hydroxyl groups excluding tert-OH is 1.